The molecule has 8 nitrogen and oxygen atoms in total. The van der Waals surface area contributed by atoms with Gasteiger partial charge in [-0.1, -0.05) is 29.0 Å². The topological polar surface area (TPSA) is 118 Å². The van der Waals surface area contributed by atoms with E-state index in [1.165, 1.54) is 28.7 Å². The first kappa shape index (κ1) is 23.5. The summed E-state index contributed by atoms with van der Waals surface area (Å²) in [6, 6.07) is 5.86. The van der Waals surface area contributed by atoms with Gasteiger partial charge in [0.1, 0.15) is 32.4 Å². The van der Waals surface area contributed by atoms with Crippen molar-refractivity contribution in [3.05, 3.63) is 63.8 Å². The Morgan fingerprint density at radius 1 is 1.18 bits per heavy atom. The highest BCUT2D eigenvalue weighted by atomic mass is 35.5. The minimum atomic E-state index is -3.69. The quantitative estimate of drug-likeness (QED) is 0.382. The summed E-state index contributed by atoms with van der Waals surface area (Å²) >= 11 is 6.62. The van der Waals surface area contributed by atoms with Crippen LogP contribution < -0.4 is 11.1 Å². The van der Waals surface area contributed by atoms with Gasteiger partial charge >= 0.3 is 0 Å². The summed E-state index contributed by atoms with van der Waals surface area (Å²) in [6.45, 7) is 0.519. The molecule has 0 saturated carbocycles. The Morgan fingerprint density at radius 3 is 2.45 bits per heavy atom. The average molecular weight is 514 g/mol. The molecule has 1 aliphatic rings. The van der Waals surface area contributed by atoms with E-state index in [0.717, 1.165) is 23.5 Å². The zero-order chi connectivity index (χ0) is 23.8. The number of benzene rings is 1. The highest BCUT2D eigenvalue weighted by molar-refractivity contribution is 7.89. The zero-order valence-electron chi connectivity index (χ0n) is 17.0. The fourth-order valence-corrected chi connectivity index (χ4v) is 5.90. The van der Waals surface area contributed by atoms with Crippen molar-refractivity contribution in [2.45, 2.75) is 23.8 Å². The Labute approximate surface area is 197 Å². The normalized spacial score (nSPS) is 15.5. The summed E-state index contributed by atoms with van der Waals surface area (Å²) in [4.78, 5) is 20.5. The molecule has 2 aromatic heterocycles. The maximum Gasteiger partial charge on any atom is 0.244 e. The summed E-state index contributed by atoms with van der Waals surface area (Å²) < 4.78 is 54.9. The fraction of sp³-hybridized carbons (Fsp3) is 0.250. The molecule has 33 heavy (non-hydrogen) atoms. The standard InChI is InChI=1S/C20H18ClF2N5O3S2/c21-15-5-4-12(10-25-15)33(30,31)28-8-6-11(7-9-28)26-20-27-19(24)18(32-20)17(29)16-13(22)2-1-3-14(16)23/h1-5,10-11H,6-9,24H2,(H,26,27). The van der Waals surface area contributed by atoms with E-state index in [4.69, 9.17) is 17.3 Å². The molecule has 3 aromatic rings. The summed E-state index contributed by atoms with van der Waals surface area (Å²) in [7, 11) is -3.69. The van der Waals surface area contributed by atoms with Crippen LogP contribution >= 0.6 is 22.9 Å². The van der Waals surface area contributed by atoms with Crippen molar-refractivity contribution in [1.29, 1.82) is 0 Å². The number of rotatable bonds is 6. The van der Waals surface area contributed by atoms with Gasteiger partial charge in [-0.05, 0) is 37.1 Å². The minimum absolute atomic E-state index is 0.0644. The van der Waals surface area contributed by atoms with E-state index in [1.807, 2.05) is 0 Å². The second-order valence-electron chi connectivity index (χ2n) is 7.30. The van der Waals surface area contributed by atoms with Crippen LogP contribution in [0, 0.1) is 11.6 Å². The largest absolute Gasteiger partial charge is 0.382 e. The van der Waals surface area contributed by atoms with E-state index < -0.39 is 33.0 Å². The van der Waals surface area contributed by atoms with Crippen molar-refractivity contribution in [1.82, 2.24) is 14.3 Å². The molecule has 0 unspecified atom stereocenters. The second-order valence-corrected chi connectivity index (χ2v) is 10.6. The third-order valence-corrected chi connectivity index (χ3v) is 8.28. The third kappa shape index (κ3) is 4.83. The lowest BCUT2D eigenvalue weighted by Crippen LogP contribution is -2.42. The number of pyridine rings is 1. The molecular formula is C20H18ClF2N5O3S2. The number of thiazole rings is 1. The molecule has 0 spiro atoms. The van der Waals surface area contributed by atoms with E-state index in [1.54, 1.807) is 0 Å². The number of nitrogens with one attached hydrogen (secondary N) is 1. The monoisotopic (exact) mass is 513 g/mol. The van der Waals surface area contributed by atoms with Crippen molar-refractivity contribution < 1.29 is 22.0 Å². The number of hydrogen-bond acceptors (Lipinski definition) is 8. The Morgan fingerprint density at radius 2 is 1.85 bits per heavy atom. The van der Waals surface area contributed by atoms with E-state index in [-0.39, 0.29) is 39.9 Å². The maximum atomic E-state index is 14.0. The SMILES string of the molecule is Nc1nc(NC2CCN(S(=O)(=O)c3ccc(Cl)nc3)CC2)sc1C(=O)c1c(F)cccc1F. The Hall–Kier alpha value is -2.67. The molecule has 1 fully saturated rings. The molecule has 1 aromatic carbocycles. The number of anilines is 2. The maximum absolute atomic E-state index is 14.0. The van der Waals surface area contributed by atoms with Crippen LogP contribution in [0.15, 0.2) is 41.4 Å². The van der Waals surface area contributed by atoms with Gasteiger partial charge in [0.15, 0.2) is 5.13 Å². The molecule has 1 saturated heterocycles. The number of nitrogens with two attached hydrogens (primary N) is 1. The van der Waals surface area contributed by atoms with Crippen LogP contribution in [-0.2, 0) is 10.0 Å². The molecule has 0 radical (unpaired) electrons. The Bertz CT molecular complexity index is 1270. The van der Waals surface area contributed by atoms with Gasteiger partial charge in [0.05, 0.1) is 5.56 Å². The molecule has 1 aliphatic heterocycles. The van der Waals surface area contributed by atoms with Crippen LogP contribution in [0.1, 0.15) is 28.1 Å². The first-order chi connectivity index (χ1) is 15.7. The molecule has 13 heteroatoms. The Balaban J connectivity index is 1.42. The van der Waals surface area contributed by atoms with E-state index in [2.05, 4.69) is 15.3 Å². The lowest BCUT2D eigenvalue weighted by Gasteiger charge is -2.31. The summed E-state index contributed by atoms with van der Waals surface area (Å²) in [5.41, 5.74) is 5.14. The third-order valence-electron chi connectivity index (χ3n) is 5.17. The van der Waals surface area contributed by atoms with Gasteiger partial charge in [-0.2, -0.15) is 4.31 Å². The second kappa shape index (κ2) is 9.29. The van der Waals surface area contributed by atoms with Crippen LogP contribution in [0.5, 0.6) is 0 Å². The molecule has 3 N–H and O–H groups in total. The number of hydrogen-bond donors (Lipinski definition) is 2. The lowest BCUT2D eigenvalue weighted by atomic mass is 10.1. The van der Waals surface area contributed by atoms with Gasteiger partial charge in [0.2, 0.25) is 15.8 Å². The van der Waals surface area contributed by atoms with Gasteiger partial charge in [-0.25, -0.2) is 27.2 Å². The molecule has 174 valence electrons. The minimum Gasteiger partial charge on any atom is -0.382 e. The van der Waals surface area contributed by atoms with E-state index >= 15 is 0 Å². The van der Waals surface area contributed by atoms with Crippen LogP contribution in [0.4, 0.5) is 19.7 Å². The number of halogens is 3. The fourth-order valence-electron chi connectivity index (χ4n) is 3.46. The Kier molecular flexibility index (Phi) is 6.61. The van der Waals surface area contributed by atoms with Crippen molar-refractivity contribution >= 4 is 49.7 Å². The van der Waals surface area contributed by atoms with Crippen LogP contribution in [0.3, 0.4) is 0 Å². The number of ketones is 1. The molecular weight excluding hydrogens is 496 g/mol. The van der Waals surface area contributed by atoms with E-state index in [0.29, 0.717) is 18.0 Å². The van der Waals surface area contributed by atoms with Crippen LogP contribution in [0.2, 0.25) is 5.15 Å². The van der Waals surface area contributed by atoms with Gasteiger partial charge < -0.3 is 11.1 Å². The molecule has 4 rings (SSSR count). The van der Waals surface area contributed by atoms with Crippen LogP contribution in [-0.4, -0.2) is 47.6 Å². The predicted molar refractivity (Wildman–Crippen MR) is 121 cm³/mol. The number of piperidine rings is 1. The number of carbonyl (C=O) groups is 1. The molecule has 0 aliphatic carbocycles. The van der Waals surface area contributed by atoms with Gasteiger partial charge in [-0.15, -0.1) is 0 Å². The molecule has 0 amide bonds. The van der Waals surface area contributed by atoms with Crippen molar-refractivity contribution in [2.75, 3.05) is 24.1 Å². The highest BCUT2D eigenvalue weighted by Crippen LogP contribution is 2.31. The number of sulfonamides is 1. The summed E-state index contributed by atoms with van der Waals surface area (Å²) in [5, 5.41) is 3.65. The first-order valence-corrected chi connectivity index (χ1v) is 12.4. The van der Waals surface area contributed by atoms with Crippen molar-refractivity contribution in [2.24, 2.45) is 0 Å². The zero-order valence-corrected chi connectivity index (χ0v) is 19.4. The highest BCUT2D eigenvalue weighted by Gasteiger charge is 2.30. The van der Waals surface area contributed by atoms with Gasteiger partial charge in [0.25, 0.3) is 0 Å². The summed E-state index contributed by atoms with van der Waals surface area (Å²) in [5.74, 6) is -2.98. The summed E-state index contributed by atoms with van der Waals surface area (Å²) in [6.07, 6.45) is 2.17. The van der Waals surface area contributed by atoms with Crippen molar-refractivity contribution in [3.8, 4) is 0 Å². The van der Waals surface area contributed by atoms with E-state index in [9.17, 15) is 22.0 Å². The number of nitrogens with zero attached hydrogens (tertiary/aromatic N) is 3. The van der Waals surface area contributed by atoms with Crippen molar-refractivity contribution in [3.63, 3.8) is 0 Å². The lowest BCUT2D eigenvalue weighted by molar-refractivity contribution is 0.103. The molecule has 3 heterocycles. The molecule has 0 bridgehead atoms. The number of carbonyl (C=O) groups excluding carboxylic acids is 1. The molecule has 0 atom stereocenters. The smallest absolute Gasteiger partial charge is 0.244 e. The average Bonchev–Trinajstić information content (AvgIpc) is 3.14. The van der Waals surface area contributed by atoms with Gasteiger partial charge in [0, 0.05) is 25.3 Å². The predicted octanol–water partition coefficient (Wildman–Crippen LogP) is 3.55. The number of nitrogen functional groups attached to an aromatic ring is 1. The number of aromatic nitrogens is 2. The van der Waals surface area contributed by atoms with Crippen LogP contribution in [0.25, 0.3) is 0 Å². The van der Waals surface area contributed by atoms with Gasteiger partial charge in [-0.3, -0.25) is 4.79 Å². The first-order valence-electron chi connectivity index (χ1n) is 9.80.